The highest BCUT2D eigenvalue weighted by molar-refractivity contribution is 9.11. The van der Waals surface area contributed by atoms with Crippen LogP contribution in [0.2, 0.25) is 0 Å². The number of nitrogens with one attached hydrogen (secondary N) is 1. The summed E-state index contributed by atoms with van der Waals surface area (Å²) < 4.78 is 27.8. The van der Waals surface area contributed by atoms with E-state index in [4.69, 9.17) is 5.73 Å². The van der Waals surface area contributed by atoms with E-state index >= 15 is 0 Å². The number of thiophene rings is 1. The van der Waals surface area contributed by atoms with Crippen LogP contribution >= 0.6 is 27.3 Å². The van der Waals surface area contributed by atoms with Crippen LogP contribution in [0, 0.1) is 6.92 Å². The normalized spacial score (nSPS) is 11.5. The van der Waals surface area contributed by atoms with Gasteiger partial charge in [0, 0.05) is 17.1 Å². The number of nitrogens with two attached hydrogens (primary N) is 1. The van der Waals surface area contributed by atoms with Crippen LogP contribution in [0.25, 0.3) is 0 Å². The second-order valence-electron chi connectivity index (χ2n) is 3.98. The van der Waals surface area contributed by atoms with Crippen LogP contribution < -0.4 is 10.5 Å². The maximum Gasteiger partial charge on any atom is 0.263 e. The van der Waals surface area contributed by atoms with Gasteiger partial charge in [0.05, 0.1) is 3.79 Å². The first-order valence-corrected chi connectivity index (χ1v) is 8.59. The summed E-state index contributed by atoms with van der Waals surface area (Å²) in [6.45, 7) is 2.21. The zero-order chi connectivity index (χ0) is 14.0. The second kappa shape index (κ2) is 5.62. The molecule has 102 valence electrons. The van der Waals surface area contributed by atoms with E-state index < -0.39 is 10.0 Å². The van der Waals surface area contributed by atoms with Crippen molar-refractivity contribution in [3.05, 3.63) is 44.6 Å². The Morgan fingerprint density at radius 1 is 1.32 bits per heavy atom. The van der Waals surface area contributed by atoms with E-state index in [9.17, 15) is 8.42 Å². The van der Waals surface area contributed by atoms with Gasteiger partial charge in [0.2, 0.25) is 0 Å². The van der Waals surface area contributed by atoms with Crippen molar-refractivity contribution in [3.8, 4) is 0 Å². The first-order valence-electron chi connectivity index (χ1n) is 5.50. The third-order valence-electron chi connectivity index (χ3n) is 2.57. The molecule has 1 aromatic heterocycles. The lowest BCUT2D eigenvalue weighted by atomic mass is 10.2. The largest absolute Gasteiger partial charge is 0.326 e. The fourth-order valence-corrected chi connectivity index (χ4v) is 5.09. The molecule has 0 bridgehead atoms. The molecule has 3 N–H and O–H groups in total. The Morgan fingerprint density at radius 2 is 1.95 bits per heavy atom. The molecular weight excluding hydrogens is 348 g/mol. The average molecular weight is 361 g/mol. The summed E-state index contributed by atoms with van der Waals surface area (Å²) in [5.74, 6) is 0. The van der Waals surface area contributed by atoms with E-state index in [1.54, 1.807) is 37.3 Å². The van der Waals surface area contributed by atoms with Crippen molar-refractivity contribution >= 4 is 43.0 Å². The van der Waals surface area contributed by atoms with E-state index in [-0.39, 0.29) is 0 Å². The van der Waals surface area contributed by atoms with Gasteiger partial charge in [-0.05, 0) is 46.6 Å². The lowest BCUT2D eigenvalue weighted by Crippen LogP contribution is -2.13. The molecule has 0 unspecified atom stereocenters. The highest BCUT2D eigenvalue weighted by Crippen LogP contribution is 2.30. The molecule has 1 heterocycles. The summed E-state index contributed by atoms with van der Waals surface area (Å²) in [6.07, 6.45) is 0. The van der Waals surface area contributed by atoms with Crippen molar-refractivity contribution < 1.29 is 8.42 Å². The van der Waals surface area contributed by atoms with Gasteiger partial charge in [-0.2, -0.15) is 0 Å². The third kappa shape index (κ3) is 3.36. The summed E-state index contributed by atoms with van der Waals surface area (Å²) in [6, 6.07) is 8.62. The fraction of sp³-hybridized carbons (Fsp3) is 0.167. The molecule has 0 aliphatic rings. The lowest BCUT2D eigenvalue weighted by molar-refractivity contribution is 0.601. The van der Waals surface area contributed by atoms with Gasteiger partial charge >= 0.3 is 0 Å². The van der Waals surface area contributed by atoms with E-state index in [0.29, 0.717) is 17.1 Å². The molecule has 0 aliphatic carbocycles. The Morgan fingerprint density at radius 3 is 2.42 bits per heavy atom. The van der Waals surface area contributed by atoms with Crippen LogP contribution in [0.5, 0.6) is 0 Å². The molecule has 2 aromatic rings. The van der Waals surface area contributed by atoms with Crippen molar-refractivity contribution in [1.82, 2.24) is 0 Å². The lowest BCUT2D eigenvalue weighted by Gasteiger charge is -2.08. The van der Waals surface area contributed by atoms with Gasteiger partial charge in [0.15, 0.2) is 0 Å². The monoisotopic (exact) mass is 360 g/mol. The zero-order valence-corrected chi connectivity index (χ0v) is 13.4. The van der Waals surface area contributed by atoms with Crippen LogP contribution in [0.1, 0.15) is 10.4 Å². The molecule has 4 nitrogen and oxygen atoms in total. The first-order chi connectivity index (χ1) is 8.92. The number of anilines is 1. The molecule has 0 aliphatic heterocycles. The van der Waals surface area contributed by atoms with Crippen LogP contribution in [0.3, 0.4) is 0 Å². The summed E-state index contributed by atoms with van der Waals surface area (Å²) in [5.41, 5.74) is 6.98. The number of rotatable bonds is 4. The Hall–Kier alpha value is -0.890. The number of aryl methyl sites for hydroxylation is 1. The Labute approximate surface area is 124 Å². The van der Waals surface area contributed by atoms with Crippen LogP contribution in [-0.2, 0) is 16.6 Å². The summed E-state index contributed by atoms with van der Waals surface area (Å²) in [4.78, 5) is 1.05. The maximum absolute atomic E-state index is 12.2. The average Bonchev–Trinajstić information content (AvgIpc) is 2.70. The molecule has 0 atom stereocenters. The number of sulfonamides is 1. The minimum atomic E-state index is -3.54. The molecule has 1 aromatic carbocycles. The maximum atomic E-state index is 12.2. The van der Waals surface area contributed by atoms with E-state index in [0.717, 1.165) is 14.2 Å². The number of hydrogen-bond donors (Lipinski definition) is 2. The molecule has 7 heteroatoms. The van der Waals surface area contributed by atoms with Gasteiger partial charge in [-0.15, -0.1) is 11.3 Å². The predicted molar refractivity (Wildman–Crippen MR) is 81.9 cm³/mol. The molecule has 0 saturated heterocycles. The number of halogens is 1. The van der Waals surface area contributed by atoms with Crippen molar-refractivity contribution in [2.75, 3.05) is 4.72 Å². The third-order valence-corrected chi connectivity index (χ3v) is 5.76. The highest BCUT2D eigenvalue weighted by Gasteiger charge is 2.19. The topological polar surface area (TPSA) is 72.2 Å². The number of hydrogen-bond acceptors (Lipinski definition) is 4. The highest BCUT2D eigenvalue weighted by atomic mass is 79.9. The molecule has 0 spiro atoms. The second-order valence-corrected chi connectivity index (χ2v) is 8.26. The standard InChI is InChI=1S/C12H13BrN2O2S2/c1-8-11(6-12(13)18-8)19(16,17)15-10-4-2-9(7-14)3-5-10/h2-6,15H,7,14H2,1H3. The smallest absolute Gasteiger partial charge is 0.263 e. The predicted octanol–water partition coefficient (Wildman–Crippen LogP) is 3.08. The van der Waals surface area contributed by atoms with Crippen molar-refractivity contribution in [3.63, 3.8) is 0 Å². The first kappa shape index (κ1) is 14.5. The molecule has 0 radical (unpaired) electrons. The minimum Gasteiger partial charge on any atom is -0.326 e. The van der Waals surface area contributed by atoms with Gasteiger partial charge in [-0.3, -0.25) is 4.72 Å². The Bertz CT molecular complexity index is 678. The molecule has 2 rings (SSSR count). The van der Waals surface area contributed by atoms with E-state index in [1.807, 2.05) is 0 Å². The van der Waals surface area contributed by atoms with Crippen molar-refractivity contribution in [2.45, 2.75) is 18.4 Å². The minimum absolute atomic E-state index is 0.298. The van der Waals surface area contributed by atoms with Gasteiger partial charge in [-0.1, -0.05) is 12.1 Å². The van der Waals surface area contributed by atoms with Crippen LogP contribution in [-0.4, -0.2) is 8.42 Å². The fourth-order valence-electron chi connectivity index (χ4n) is 1.62. The summed E-state index contributed by atoms with van der Waals surface area (Å²) >= 11 is 4.69. The Balaban J connectivity index is 2.28. The van der Waals surface area contributed by atoms with Crippen molar-refractivity contribution in [2.24, 2.45) is 5.73 Å². The zero-order valence-electron chi connectivity index (χ0n) is 10.2. The van der Waals surface area contributed by atoms with Gasteiger partial charge in [0.1, 0.15) is 4.90 Å². The quantitative estimate of drug-likeness (QED) is 0.879. The molecule has 0 amide bonds. The summed E-state index contributed by atoms with van der Waals surface area (Å²) in [5, 5.41) is 0. The van der Waals surface area contributed by atoms with Crippen molar-refractivity contribution in [1.29, 1.82) is 0 Å². The van der Waals surface area contributed by atoms with Gasteiger partial charge < -0.3 is 5.73 Å². The number of benzene rings is 1. The van der Waals surface area contributed by atoms with Crippen LogP contribution in [0.4, 0.5) is 5.69 Å². The van der Waals surface area contributed by atoms with Crippen LogP contribution in [0.15, 0.2) is 39.0 Å². The molecule has 19 heavy (non-hydrogen) atoms. The molecular formula is C12H13BrN2O2S2. The van der Waals surface area contributed by atoms with E-state index in [1.165, 1.54) is 11.3 Å². The summed E-state index contributed by atoms with van der Waals surface area (Å²) in [7, 11) is -3.54. The van der Waals surface area contributed by atoms with E-state index in [2.05, 4.69) is 20.7 Å². The Kier molecular flexibility index (Phi) is 4.29. The molecule has 0 fully saturated rings. The van der Waals surface area contributed by atoms with Gasteiger partial charge in [0.25, 0.3) is 10.0 Å². The van der Waals surface area contributed by atoms with Gasteiger partial charge in [-0.25, -0.2) is 8.42 Å². The SMILES string of the molecule is Cc1sc(Br)cc1S(=O)(=O)Nc1ccc(CN)cc1. The molecule has 0 saturated carbocycles.